The van der Waals surface area contributed by atoms with Gasteiger partial charge in [0.25, 0.3) is 0 Å². The Labute approximate surface area is 134 Å². The van der Waals surface area contributed by atoms with Crippen LogP contribution in [0.2, 0.25) is 0 Å². The second-order valence-electron chi connectivity index (χ2n) is 5.89. The van der Waals surface area contributed by atoms with Crippen molar-refractivity contribution in [1.29, 1.82) is 0 Å². The number of aliphatic hydroxyl groups is 1. The minimum atomic E-state index is 0.275. The van der Waals surface area contributed by atoms with E-state index in [1.165, 1.54) is 5.56 Å². The van der Waals surface area contributed by atoms with Gasteiger partial charge in [-0.1, -0.05) is 18.2 Å². The van der Waals surface area contributed by atoms with Crippen molar-refractivity contribution in [2.24, 2.45) is 0 Å². The van der Waals surface area contributed by atoms with Crippen molar-refractivity contribution < 1.29 is 9.84 Å². The molecule has 122 valence electrons. The topological polar surface area (TPSA) is 35.9 Å². The van der Waals surface area contributed by atoms with E-state index < -0.39 is 0 Å². The Morgan fingerprint density at radius 2 is 2.09 bits per heavy atom. The third-order valence-electron chi connectivity index (χ3n) is 4.31. The van der Waals surface area contributed by atoms with Gasteiger partial charge in [-0.05, 0) is 30.5 Å². The van der Waals surface area contributed by atoms with E-state index in [1.54, 1.807) is 7.11 Å². The molecule has 0 amide bonds. The number of aliphatic hydroxyl groups excluding tert-OH is 1. The van der Waals surface area contributed by atoms with E-state index >= 15 is 0 Å². The Bertz CT molecular complexity index is 447. The van der Waals surface area contributed by atoms with Gasteiger partial charge < -0.3 is 9.84 Å². The van der Waals surface area contributed by atoms with Crippen molar-refractivity contribution in [1.82, 2.24) is 9.80 Å². The summed E-state index contributed by atoms with van der Waals surface area (Å²) in [5, 5.41) is 9.10. The summed E-state index contributed by atoms with van der Waals surface area (Å²) >= 11 is 0. The highest BCUT2D eigenvalue weighted by Gasteiger charge is 2.25. The van der Waals surface area contributed by atoms with E-state index in [4.69, 9.17) is 9.84 Å². The minimum absolute atomic E-state index is 0.275. The molecule has 0 aromatic heterocycles. The van der Waals surface area contributed by atoms with Crippen LogP contribution in [-0.2, 0) is 6.54 Å². The van der Waals surface area contributed by atoms with Crippen LogP contribution in [0.1, 0.15) is 18.4 Å². The molecule has 1 saturated heterocycles. The number of piperazine rings is 1. The largest absolute Gasteiger partial charge is 0.497 e. The Hall–Kier alpha value is -1.36. The van der Waals surface area contributed by atoms with Crippen molar-refractivity contribution in [2.75, 3.05) is 39.9 Å². The molecule has 2 rings (SSSR count). The van der Waals surface area contributed by atoms with Gasteiger partial charge in [0.1, 0.15) is 5.75 Å². The zero-order valence-corrected chi connectivity index (χ0v) is 13.6. The molecular formula is C18H28N2O2. The number of rotatable bonds is 8. The van der Waals surface area contributed by atoms with Crippen molar-refractivity contribution in [2.45, 2.75) is 25.4 Å². The highest BCUT2D eigenvalue weighted by molar-refractivity contribution is 5.27. The predicted octanol–water partition coefficient (Wildman–Crippen LogP) is 2.14. The maximum Gasteiger partial charge on any atom is 0.118 e. The molecule has 1 aromatic carbocycles. The molecule has 0 unspecified atom stereocenters. The van der Waals surface area contributed by atoms with E-state index in [2.05, 4.69) is 28.5 Å². The first-order valence-electron chi connectivity index (χ1n) is 8.08. The van der Waals surface area contributed by atoms with Crippen molar-refractivity contribution in [3.8, 4) is 5.75 Å². The predicted molar refractivity (Wildman–Crippen MR) is 90.1 cm³/mol. The smallest absolute Gasteiger partial charge is 0.118 e. The molecule has 1 N–H and O–H groups in total. The first-order chi connectivity index (χ1) is 10.8. The van der Waals surface area contributed by atoms with E-state index in [-0.39, 0.29) is 6.61 Å². The SMILES string of the molecule is C=CCN1CCN(Cc2ccc(OC)cc2)C[C@@H]1CCCO. The van der Waals surface area contributed by atoms with Crippen LogP contribution in [0.15, 0.2) is 36.9 Å². The summed E-state index contributed by atoms with van der Waals surface area (Å²) in [4.78, 5) is 4.98. The molecular weight excluding hydrogens is 276 g/mol. The van der Waals surface area contributed by atoms with Gasteiger partial charge >= 0.3 is 0 Å². The molecule has 1 heterocycles. The second kappa shape index (κ2) is 8.93. The van der Waals surface area contributed by atoms with Crippen LogP contribution >= 0.6 is 0 Å². The quantitative estimate of drug-likeness (QED) is 0.747. The number of methoxy groups -OCH3 is 1. The van der Waals surface area contributed by atoms with E-state index in [0.29, 0.717) is 6.04 Å². The number of hydrogen-bond donors (Lipinski definition) is 1. The lowest BCUT2D eigenvalue weighted by Gasteiger charge is -2.41. The van der Waals surface area contributed by atoms with Gasteiger partial charge in [-0.3, -0.25) is 9.80 Å². The van der Waals surface area contributed by atoms with Crippen LogP contribution in [0, 0.1) is 0 Å². The molecule has 0 bridgehead atoms. The maximum atomic E-state index is 9.10. The number of hydrogen-bond acceptors (Lipinski definition) is 4. The van der Waals surface area contributed by atoms with Crippen LogP contribution in [0.4, 0.5) is 0 Å². The van der Waals surface area contributed by atoms with Crippen LogP contribution in [-0.4, -0.2) is 60.8 Å². The van der Waals surface area contributed by atoms with Crippen LogP contribution in [0.3, 0.4) is 0 Å². The standard InChI is InChI=1S/C18H28N2O2/c1-3-10-20-12-11-19(15-17(20)5-4-13-21)14-16-6-8-18(22-2)9-7-16/h3,6-9,17,21H,1,4-5,10-15H2,2H3/t17-/m0/s1. The summed E-state index contributed by atoms with van der Waals surface area (Å²) in [5.41, 5.74) is 1.32. The van der Waals surface area contributed by atoms with Gasteiger partial charge in [-0.25, -0.2) is 0 Å². The highest BCUT2D eigenvalue weighted by Crippen LogP contribution is 2.18. The summed E-state index contributed by atoms with van der Waals surface area (Å²) in [6.07, 6.45) is 3.89. The fraction of sp³-hybridized carbons (Fsp3) is 0.556. The van der Waals surface area contributed by atoms with Crippen LogP contribution in [0.5, 0.6) is 5.75 Å². The maximum absolute atomic E-state index is 9.10. The van der Waals surface area contributed by atoms with Crippen LogP contribution in [0.25, 0.3) is 0 Å². The first kappa shape index (κ1) is 17.0. The van der Waals surface area contributed by atoms with Crippen molar-refractivity contribution in [3.63, 3.8) is 0 Å². The molecule has 1 atom stereocenters. The van der Waals surface area contributed by atoms with Gasteiger partial charge in [-0.15, -0.1) is 6.58 Å². The molecule has 1 fully saturated rings. The zero-order valence-electron chi connectivity index (χ0n) is 13.6. The lowest BCUT2D eigenvalue weighted by Crippen LogP contribution is -2.52. The number of nitrogens with zero attached hydrogens (tertiary/aromatic N) is 2. The van der Waals surface area contributed by atoms with E-state index in [1.807, 2.05) is 18.2 Å². The summed E-state index contributed by atoms with van der Waals surface area (Å²) in [6.45, 7) is 9.24. The van der Waals surface area contributed by atoms with Gasteiger partial charge in [0, 0.05) is 45.4 Å². The molecule has 0 aliphatic carbocycles. The van der Waals surface area contributed by atoms with Crippen molar-refractivity contribution in [3.05, 3.63) is 42.5 Å². The number of benzene rings is 1. The highest BCUT2D eigenvalue weighted by atomic mass is 16.5. The van der Waals surface area contributed by atoms with Gasteiger partial charge in [0.05, 0.1) is 7.11 Å². The Morgan fingerprint density at radius 3 is 2.73 bits per heavy atom. The second-order valence-corrected chi connectivity index (χ2v) is 5.89. The summed E-state index contributed by atoms with van der Waals surface area (Å²) in [6, 6.07) is 8.83. The molecule has 4 heteroatoms. The molecule has 0 saturated carbocycles. The van der Waals surface area contributed by atoms with Gasteiger partial charge in [-0.2, -0.15) is 0 Å². The Morgan fingerprint density at radius 1 is 1.32 bits per heavy atom. The average molecular weight is 304 g/mol. The monoisotopic (exact) mass is 304 g/mol. The summed E-state index contributed by atoms with van der Waals surface area (Å²) in [5.74, 6) is 0.903. The third kappa shape index (κ3) is 4.83. The van der Waals surface area contributed by atoms with Gasteiger partial charge in [0.15, 0.2) is 0 Å². The Balaban J connectivity index is 1.92. The molecule has 0 radical (unpaired) electrons. The fourth-order valence-electron chi connectivity index (χ4n) is 3.10. The van der Waals surface area contributed by atoms with E-state index in [0.717, 1.165) is 51.3 Å². The molecule has 1 aliphatic rings. The zero-order chi connectivity index (χ0) is 15.8. The molecule has 1 aromatic rings. The summed E-state index contributed by atoms with van der Waals surface area (Å²) < 4.78 is 5.21. The molecule has 22 heavy (non-hydrogen) atoms. The fourth-order valence-corrected chi connectivity index (χ4v) is 3.10. The van der Waals surface area contributed by atoms with Crippen LogP contribution < -0.4 is 4.74 Å². The summed E-state index contributed by atoms with van der Waals surface area (Å²) in [7, 11) is 1.69. The molecule has 1 aliphatic heterocycles. The van der Waals surface area contributed by atoms with Gasteiger partial charge in [0.2, 0.25) is 0 Å². The Kier molecular flexibility index (Phi) is 6.90. The van der Waals surface area contributed by atoms with E-state index in [9.17, 15) is 0 Å². The lowest BCUT2D eigenvalue weighted by molar-refractivity contribution is 0.0702. The first-order valence-corrected chi connectivity index (χ1v) is 8.08. The van der Waals surface area contributed by atoms with Crippen molar-refractivity contribution >= 4 is 0 Å². The molecule has 0 spiro atoms. The lowest BCUT2D eigenvalue weighted by atomic mass is 10.1. The normalized spacial score (nSPS) is 20.0. The minimum Gasteiger partial charge on any atom is -0.497 e. The molecule has 4 nitrogen and oxygen atoms in total. The third-order valence-corrected chi connectivity index (χ3v) is 4.31. The number of ether oxygens (including phenoxy) is 1. The average Bonchev–Trinajstić information content (AvgIpc) is 2.55.